The van der Waals surface area contributed by atoms with Crippen molar-refractivity contribution < 1.29 is 9.21 Å². The molecule has 1 aromatic heterocycles. The molecule has 0 atom stereocenters. The zero-order chi connectivity index (χ0) is 16.1. The zero-order valence-electron chi connectivity index (χ0n) is 12.5. The third-order valence-electron chi connectivity index (χ3n) is 3.45. The average molecular weight is 370 g/mol. The highest BCUT2D eigenvalue weighted by atomic mass is 79.9. The summed E-state index contributed by atoms with van der Waals surface area (Å²) in [6.07, 6.45) is 0.970. The fourth-order valence-corrected chi connectivity index (χ4v) is 2.53. The monoisotopic (exact) mass is 369 g/mol. The van der Waals surface area contributed by atoms with Crippen LogP contribution in [0.4, 0.5) is 5.69 Å². The summed E-state index contributed by atoms with van der Waals surface area (Å²) in [4.78, 5) is 11.9. The minimum absolute atomic E-state index is 0.0159. The molecule has 116 valence electrons. The van der Waals surface area contributed by atoms with E-state index in [2.05, 4.69) is 21.2 Å². The molecule has 1 N–H and O–H groups in total. The van der Waals surface area contributed by atoms with E-state index in [-0.39, 0.29) is 5.91 Å². The van der Waals surface area contributed by atoms with Gasteiger partial charge in [0.2, 0.25) is 5.91 Å². The van der Waals surface area contributed by atoms with Crippen LogP contribution in [0.2, 0.25) is 0 Å². The first-order chi connectivity index (χ1) is 11.2. The Morgan fingerprint density at radius 1 is 0.957 bits per heavy atom. The first-order valence-electron chi connectivity index (χ1n) is 7.40. The predicted molar refractivity (Wildman–Crippen MR) is 95.2 cm³/mol. The van der Waals surface area contributed by atoms with Gasteiger partial charge in [0.15, 0.2) is 0 Å². The lowest BCUT2D eigenvalue weighted by atomic mass is 10.2. The fraction of sp³-hybridized carbons (Fsp3) is 0.105. The number of furan rings is 1. The maximum atomic E-state index is 11.9. The molecule has 3 aromatic rings. The number of anilines is 1. The minimum atomic E-state index is -0.0159. The van der Waals surface area contributed by atoms with Crippen molar-refractivity contribution in [1.82, 2.24) is 0 Å². The van der Waals surface area contributed by atoms with Gasteiger partial charge in [-0.05, 0) is 36.4 Å². The Kier molecular flexibility index (Phi) is 4.93. The second kappa shape index (κ2) is 7.29. The molecule has 0 spiro atoms. The highest BCUT2D eigenvalue weighted by Crippen LogP contribution is 2.24. The molecule has 23 heavy (non-hydrogen) atoms. The summed E-state index contributed by atoms with van der Waals surface area (Å²) < 4.78 is 6.85. The van der Waals surface area contributed by atoms with Crippen LogP contribution in [0.5, 0.6) is 0 Å². The van der Waals surface area contributed by atoms with Crippen molar-refractivity contribution in [3.8, 4) is 11.3 Å². The molecule has 0 unspecified atom stereocenters. The van der Waals surface area contributed by atoms with Crippen molar-refractivity contribution in [2.75, 3.05) is 5.32 Å². The van der Waals surface area contributed by atoms with Crippen LogP contribution in [0.1, 0.15) is 12.2 Å². The number of para-hydroxylation sites is 1. The molecule has 0 fully saturated rings. The number of carbonyl (C=O) groups excluding carboxylic acids is 1. The summed E-state index contributed by atoms with van der Waals surface area (Å²) in [6.45, 7) is 0. The normalized spacial score (nSPS) is 10.5. The van der Waals surface area contributed by atoms with Crippen LogP contribution in [-0.2, 0) is 11.2 Å². The smallest absolute Gasteiger partial charge is 0.224 e. The van der Waals surface area contributed by atoms with E-state index in [0.717, 1.165) is 27.2 Å². The number of hydrogen-bond acceptors (Lipinski definition) is 2. The van der Waals surface area contributed by atoms with Crippen molar-refractivity contribution >= 4 is 27.5 Å². The molecular weight excluding hydrogens is 354 g/mol. The zero-order valence-corrected chi connectivity index (χ0v) is 14.0. The number of nitrogens with one attached hydrogen (secondary N) is 1. The number of benzene rings is 2. The van der Waals surface area contributed by atoms with Crippen molar-refractivity contribution in [2.45, 2.75) is 12.8 Å². The van der Waals surface area contributed by atoms with Gasteiger partial charge in [-0.1, -0.05) is 46.3 Å². The molecule has 3 rings (SSSR count). The number of rotatable bonds is 5. The van der Waals surface area contributed by atoms with E-state index < -0.39 is 0 Å². The fourth-order valence-electron chi connectivity index (χ4n) is 2.26. The molecule has 0 aliphatic heterocycles. The third kappa shape index (κ3) is 4.33. The quantitative estimate of drug-likeness (QED) is 0.664. The molecule has 0 saturated carbocycles. The van der Waals surface area contributed by atoms with Gasteiger partial charge in [0.05, 0.1) is 0 Å². The van der Waals surface area contributed by atoms with Crippen LogP contribution in [-0.4, -0.2) is 5.91 Å². The Morgan fingerprint density at radius 2 is 1.70 bits per heavy atom. The summed E-state index contributed by atoms with van der Waals surface area (Å²) in [7, 11) is 0. The first kappa shape index (κ1) is 15.6. The number of hydrogen-bond donors (Lipinski definition) is 1. The van der Waals surface area contributed by atoms with Gasteiger partial charge in [-0.15, -0.1) is 0 Å². The largest absolute Gasteiger partial charge is 0.461 e. The van der Waals surface area contributed by atoms with Crippen molar-refractivity contribution in [3.63, 3.8) is 0 Å². The van der Waals surface area contributed by atoms with E-state index in [1.54, 1.807) is 0 Å². The molecule has 0 saturated heterocycles. The van der Waals surface area contributed by atoms with Crippen LogP contribution in [0.3, 0.4) is 0 Å². The van der Waals surface area contributed by atoms with Gasteiger partial charge in [0.1, 0.15) is 11.5 Å². The van der Waals surface area contributed by atoms with Gasteiger partial charge in [0, 0.05) is 28.6 Å². The van der Waals surface area contributed by atoms with Crippen molar-refractivity contribution in [3.05, 3.63) is 77.0 Å². The van der Waals surface area contributed by atoms with E-state index in [1.807, 2.05) is 66.7 Å². The number of aryl methyl sites for hydroxylation is 1. The van der Waals surface area contributed by atoms with Crippen LogP contribution in [0.15, 0.2) is 75.6 Å². The van der Waals surface area contributed by atoms with E-state index >= 15 is 0 Å². The third-order valence-corrected chi connectivity index (χ3v) is 3.98. The van der Waals surface area contributed by atoms with E-state index in [1.165, 1.54) is 0 Å². The topological polar surface area (TPSA) is 42.2 Å². The highest BCUT2D eigenvalue weighted by molar-refractivity contribution is 9.10. The van der Waals surface area contributed by atoms with E-state index in [0.29, 0.717) is 12.8 Å². The van der Waals surface area contributed by atoms with Crippen LogP contribution in [0, 0.1) is 0 Å². The maximum Gasteiger partial charge on any atom is 0.224 e. The SMILES string of the molecule is O=C(CCc1ccc(-c2ccc(Br)cc2)o1)Nc1ccccc1. The van der Waals surface area contributed by atoms with Gasteiger partial charge >= 0.3 is 0 Å². The van der Waals surface area contributed by atoms with Crippen LogP contribution in [0.25, 0.3) is 11.3 Å². The average Bonchev–Trinajstić information content (AvgIpc) is 3.04. The van der Waals surface area contributed by atoms with Crippen molar-refractivity contribution in [1.29, 1.82) is 0 Å². The Morgan fingerprint density at radius 3 is 2.43 bits per heavy atom. The van der Waals surface area contributed by atoms with Crippen LogP contribution >= 0.6 is 15.9 Å². The molecule has 4 heteroatoms. The number of halogens is 1. The van der Waals surface area contributed by atoms with Crippen molar-refractivity contribution in [2.24, 2.45) is 0 Å². The van der Waals surface area contributed by atoms with Gasteiger partial charge in [-0.2, -0.15) is 0 Å². The molecule has 0 radical (unpaired) electrons. The second-order valence-corrected chi connectivity index (χ2v) is 6.10. The lowest BCUT2D eigenvalue weighted by Gasteiger charge is -2.03. The van der Waals surface area contributed by atoms with Gasteiger partial charge in [-0.3, -0.25) is 4.79 Å². The summed E-state index contributed by atoms with van der Waals surface area (Å²) >= 11 is 3.42. The van der Waals surface area contributed by atoms with E-state index in [9.17, 15) is 4.79 Å². The molecule has 1 amide bonds. The summed E-state index contributed by atoms with van der Waals surface area (Å²) in [5.74, 6) is 1.61. The lowest BCUT2D eigenvalue weighted by molar-refractivity contribution is -0.116. The molecule has 0 aliphatic carbocycles. The first-order valence-corrected chi connectivity index (χ1v) is 8.19. The van der Waals surface area contributed by atoms with Gasteiger partial charge in [-0.25, -0.2) is 0 Å². The Balaban J connectivity index is 1.57. The van der Waals surface area contributed by atoms with Gasteiger partial charge < -0.3 is 9.73 Å². The summed E-state index contributed by atoms with van der Waals surface area (Å²) in [5, 5.41) is 2.87. The minimum Gasteiger partial charge on any atom is -0.461 e. The number of carbonyl (C=O) groups is 1. The lowest BCUT2D eigenvalue weighted by Crippen LogP contribution is -2.11. The Bertz CT molecular complexity index is 779. The second-order valence-electron chi connectivity index (χ2n) is 5.19. The molecule has 0 aliphatic rings. The highest BCUT2D eigenvalue weighted by Gasteiger charge is 2.08. The maximum absolute atomic E-state index is 11.9. The summed E-state index contributed by atoms with van der Waals surface area (Å²) in [6, 6.07) is 21.3. The number of amides is 1. The Labute approximate surface area is 143 Å². The Hall–Kier alpha value is -2.33. The van der Waals surface area contributed by atoms with Crippen LogP contribution < -0.4 is 5.32 Å². The molecule has 0 bridgehead atoms. The molecule has 1 heterocycles. The summed E-state index contributed by atoms with van der Waals surface area (Å²) in [5.41, 5.74) is 1.83. The molecular formula is C19H16BrNO2. The molecule has 3 nitrogen and oxygen atoms in total. The van der Waals surface area contributed by atoms with E-state index in [4.69, 9.17) is 4.42 Å². The molecule has 2 aromatic carbocycles. The predicted octanol–water partition coefficient (Wildman–Crippen LogP) is 5.28. The van der Waals surface area contributed by atoms with Gasteiger partial charge in [0.25, 0.3) is 0 Å². The standard InChI is InChI=1S/C19H16BrNO2/c20-15-8-6-14(7-9-15)18-12-10-17(23-18)11-13-19(22)21-16-4-2-1-3-5-16/h1-10,12H,11,13H2,(H,21,22).